The first-order chi connectivity index (χ1) is 56.5. The molecule has 0 bridgehead atoms. The molecule has 6 aromatic carbocycles. The minimum atomic E-state index is -3.07. The van der Waals surface area contributed by atoms with Gasteiger partial charge in [-0.1, -0.05) is 147 Å². The smallest absolute Gasteiger partial charge is 0.330 e. The van der Waals surface area contributed by atoms with Crippen LogP contribution >= 0.6 is 11.3 Å². The second-order valence-corrected chi connectivity index (χ2v) is 32.5. The van der Waals surface area contributed by atoms with Crippen LogP contribution in [0.4, 0.5) is 48.5 Å². The van der Waals surface area contributed by atoms with Gasteiger partial charge in [0.2, 0.25) is 0 Å². The number of H-pyrrole nitrogens is 1. The van der Waals surface area contributed by atoms with Crippen molar-refractivity contribution in [3.05, 3.63) is 227 Å². The Morgan fingerprint density at radius 3 is 1.20 bits per heavy atom. The summed E-state index contributed by atoms with van der Waals surface area (Å²) in [6.07, 6.45) is 1.83. The number of likely N-dealkylation sites (N-methyl/N-ethyl adjacent to an activating group) is 3. The zero-order valence-electron chi connectivity index (χ0n) is 67.1. The third kappa shape index (κ3) is 17.6. The van der Waals surface area contributed by atoms with Crippen molar-refractivity contribution in [2.24, 2.45) is 0 Å². The van der Waals surface area contributed by atoms with Gasteiger partial charge in [-0.2, -0.15) is 15.3 Å². The van der Waals surface area contributed by atoms with E-state index in [4.69, 9.17) is 15.3 Å². The third-order valence-electron chi connectivity index (χ3n) is 19.6. The number of hydrogen-bond acceptors (Lipinski definition) is 21. The maximum Gasteiger partial charge on any atom is 0.330 e. The van der Waals surface area contributed by atoms with Crippen LogP contribution in [0.5, 0.6) is 0 Å². The summed E-state index contributed by atoms with van der Waals surface area (Å²) in [4.78, 5) is 124. The number of pyridine rings is 1. The molecular formula is C83H87N21O15S. The number of para-hydroxylation sites is 1. The van der Waals surface area contributed by atoms with Gasteiger partial charge in [0.25, 0.3) is 0 Å². The number of carbonyl (C=O) groups is 9. The van der Waals surface area contributed by atoms with Gasteiger partial charge in [0, 0.05) is 94.7 Å². The van der Waals surface area contributed by atoms with Crippen LogP contribution in [0.3, 0.4) is 0 Å². The molecule has 0 unspecified atom stereocenters. The monoisotopic (exact) mass is 1650 g/mol. The Bertz CT molecular complexity index is 5960. The second kappa shape index (κ2) is 32.4. The highest BCUT2D eigenvalue weighted by Gasteiger charge is 2.58. The quantitative estimate of drug-likeness (QED) is 0.0317. The number of nitrogens with zero attached hydrogens (tertiary/aromatic N) is 14. The number of anilines is 6. The Labute approximate surface area is 689 Å². The van der Waals surface area contributed by atoms with Crippen molar-refractivity contribution in [2.45, 2.75) is 116 Å². The summed E-state index contributed by atoms with van der Waals surface area (Å²) in [6, 6.07) is 53.2. The lowest BCUT2D eigenvalue weighted by atomic mass is 9.92. The van der Waals surface area contributed by atoms with E-state index >= 15 is 0 Å². The summed E-state index contributed by atoms with van der Waals surface area (Å²) in [6.45, 7) is 18.0. The fourth-order valence-electron chi connectivity index (χ4n) is 12.7. The van der Waals surface area contributed by atoms with Crippen molar-refractivity contribution in [3.63, 3.8) is 0 Å². The molecule has 37 heteroatoms. The minimum absolute atomic E-state index is 0.0461. The van der Waals surface area contributed by atoms with Gasteiger partial charge in [0.05, 0.1) is 65.0 Å². The lowest BCUT2D eigenvalue weighted by Gasteiger charge is -2.23. The Morgan fingerprint density at radius 1 is 0.408 bits per heavy atom. The van der Waals surface area contributed by atoms with Gasteiger partial charge in [-0.05, 0) is 95.6 Å². The number of thiazole rings is 1. The van der Waals surface area contributed by atoms with E-state index < -0.39 is 70.9 Å². The lowest BCUT2D eigenvalue weighted by molar-refractivity contribution is -0.186. The number of aromatic amines is 1. The van der Waals surface area contributed by atoms with Gasteiger partial charge in [-0.15, -0.1) is 11.3 Å². The Balaban J connectivity index is 0.000000156. The van der Waals surface area contributed by atoms with Crippen molar-refractivity contribution < 1.29 is 73.8 Å². The summed E-state index contributed by atoms with van der Waals surface area (Å²) < 4.78 is 4.81. The number of aliphatic hydroxyl groups is 6. The van der Waals surface area contributed by atoms with Gasteiger partial charge in [0.1, 0.15) is 23.3 Å². The fourth-order valence-corrected chi connectivity index (χ4v) is 13.5. The van der Waals surface area contributed by atoms with E-state index in [1.165, 1.54) is 32.5 Å². The maximum atomic E-state index is 13.0. The third-order valence-corrected chi connectivity index (χ3v) is 20.4. The molecule has 13 N–H and O–H groups in total. The number of nitrogens with one attached hydrogen (secondary N) is 7. The number of amides is 12. The molecule has 120 heavy (non-hydrogen) atoms. The highest BCUT2D eigenvalue weighted by atomic mass is 32.1. The first-order valence-corrected chi connectivity index (χ1v) is 38.3. The fraction of sp³-hybridized carbons (Fsp3) is 0.253. The van der Waals surface area contributed by atoms with Crippen molar-refractivity contribution in [1.29, 1.82) is 0 Å². The number of carbonyl (C=O) groups excluding carboxylic acids is 9. The van der Waals surface area contributed by atoms with Gasteiger partial charge in [-0.3, -0.25) is 55.4 Å². The lowest BCUT2D eigenvalue weighted by Crippen LogP contribution is -2.43. The second-order valence-electron chi connectivity index (χ2n) is 31.6. The zero-order valence-corrected chi connectivity index (χ0v) is 67.9. The molecule has 0 radical (unpaired) electrons. The summed E-state index contributed by atoms with van der Waals surface area (Å²) >= 11 is 1.32. The standard InChI is InChI=1S/C28H29N7O5S.C28H29N7O5.C27H29N7O5/c1-27(2,3)21-14-22(30-25(38)31-26-29-20(16-41-26)18-8-6-5-7-9-18)35(32-21)19-12-10-17(11-13-19)15-34-24(37)28(39,40)23(36)33(34)4;1-27(2,3)21-15-23(31-26(38)30-22-14-11-18-7-5-6-8-20(18)29-22)35(32-21)19-12-9-17(10-13-19)16-34-25(37)28(39,40)24(36)33(34)4;1-26(2,3)21-14-22(30-25(37)29-18-7-10-20-17(13-18)11-12-28-20)34(31-21)19-8-5-16(6-9-19)15-33-24(36)27(38,39)23(35)32(33)4/h5-14,16,39-40H,15H2,1-4H3,(H2,29,30,31,38);5-15,39-40H,16H2,1-4H3,(H2,29,30,31,38);5-14,28,38-39H,15H2,1-4H3,(H2,29,30,37). The van der Waals surface area contributed by atoms with Crippen molar-refractivity contribution >= 4 is 121 Å². The molecule has 620 valence electrons. The molecule has 12 aromatic rings. The first-order valence-electron chi connectivity index (χ1n) is 37.5. The number of rotatable bonds is 16. The number of urea groups is 3. The van der Waals surface area contributed by atoms with Crippen LogP contribution in [-0.2, 0) is 64.6 Å². The Hall–Kier alpha value is -14.1. The van der Waals surface area contributed by atoms with Crippen LogP contribution < -0.4 is 31.9 Å². The normalized spacial score (nSPS) is 15.2. The molecule has 0 aliphatic carbocycles. The van der Waals surface area contributed by atoms with Crippen molar-refractivity contribution in [2.75, 3.05) is 53.0 Å². The molecule has 3 fully saturated rings. The van der Waals surface area contributed by atoms with Crippen LogP contribution in [0, 0.1) is 0 Å². The number of benzene rings is 6. The van der Waals surface area contributed by atoms with E-state index in [0.717, 1.165) is 80.2 Å². The molecule has 0 spiro atoms. The van der Waals surface area contributed by atoms with Gasteiger partial charge in [0.15, 0.2) is 5.13 Å². The predicted molar refractivity (Wildman–Crippen MR) is 444 cm³/mol. The van der Waals surface area contributed by atoms with E-state index in [9.17, 15) is 73.8 Å². The molecule has 6 aromatic heterocycles. The Morgan fingerprint density at radius 2 is 0.800 bits per heavy atom. The molecule has 15 rings (SSSR count). The predicted octanol–water partition coefficient (Wildman–Crippen LogP) is 8.78. The molecule has 36 nitrogen and oxygen atoms in total. The summed E-state index contributed by atoms with van der Waals surface area (Å²) in [5.74, 6) is -14.2. The van der Waals surface area contributed by atoms with E-state index in [2.05, 4.69) is 46.9 Å². The SMILES string of the molecule is CN1C(=O)C(O)(O)C(=O)N1Cc1ccc(-n2nc(C(C)(C)C)cc2NC(=O)Nc2ccc3[nH]ccc3c2)cc1.CN1C(=O)C(O)(O)C(=O)N1Cc1ccc(-n2nc(C(C)(C)C)cc2NC(=O)Nc2ccc3ccccc3n2)cc1.CN1C(=O)C(O)(O)C(=O)N1Cc1ccc(-n2nc(C(C)(C)C)cc2NC(=O)Nc2nc(-c3ccccc3)cs2)cc1. The summed E-state index contributed by atoms with van der Waals surface area (Å²) in [5.41, 5.74) is 9.29. The van der Waals surface area contributed by atoms with E-state index in [0.29, 0.717) is 67.8 Å². The van der Waals surface area contributed by atoms with Crippen LogP contribution in [0.25, 0.3) is 50.1 Å². The highest BCUT2D eigenvalue weighted by molar-refractivity contribution is 7.14. The van der Waals surface area contributed by atoms with Crippen LogP contribution in [0.1, 0.15) is 96.1 Å². The largest absolute Gasteiger partial charge is 0.361 e. The number of fused-ring (bicyclic) bond motifs is 2. The van der Waals surface area contributed by atoms with Gasteiger partial charge in [-0.25, -0.2) is 68.5 Å². The summed E-state index contributed by atoms with van der Waals surface area (Å²) in [7, 11) is 3.87. The molecular weight excluding hydrogens is 1560 g/mol. The van der Waals surface area contributed by atoms with Gasteiger partial charge >= 0.3 is 70.9 Å². The molecule has 0 atom stereocenters. The topological polar surface area (TPSA) is 462 Å². The van der Waals surface area contributed by atoms with E-state index in [1.54, 1.807) is 105 Å². The summed E-state index contributed by atoms with van der Waals surface area (Å²) in [5, 5.41) is 99.6. The number of aromatic nitrogens is 9. The maximum absolute atomic E-state index is 13.0. The van der Waals surface area contributed by atoms with Crippen LogP contribution in [0.15, 0.2) is 194 Å². The number of hydrogen-bond donors (Lipinski definition) is 13. The molecule has 3 aliphatic rings. The first kappa shape index (κ1) is 83.9. The molecule has 9 heterocycles. The average molecular weight is 1650 g/mol. The van der Waals surface area contributed by atoms with Crippen molar-refractivity contribution in [1.82, 2.24) is 74.3 Å². The molecule has 3 aliphatic heterocycles. The van der Waals surface area contributed by atoms with Crippen molar-refractivity contribution in [3.8, 4) is 28.3 Å². The molecule has 0 saturated carbocycles. The molecule has 12 amide bonds. The van der Waals surface area contributed by atoms with Crippen LogP contribution in [0.2, 0.25) is 0 Å². The van der Waals surface area contributed by atoms with Crippen LogP contribution in [-0.4, -0.2) is 197 Å². The Kier molecular flexibility index (Phi) is 22.7. The zero-order chi connectivity index (χ0) is 86.5. The van der Waals surface area contributed by atoms with E-state index in [1.807, 2.05) is 165 Å². The van der Waals surface area contributed by atoms with E-state index in [-0.39, 0.29) is 35.9 Å². The average Bonchev–Trinajstić information content (AvgIpc) is 1.62. The molecule has 3 saturated heterocycles. The highest BCUT2D eigenvalue weighted by Crippen LogP contribution is 2.34. The number of hydrazine groups is 3. The van der Waals surface area contributed by atoms with Gasteiger partial charge < -0.3 is 40.9 Å². The minimum Gasteiger partial charge on any atom is -0.361 e.